The number of rotatable bonds is 5. The average Bonchev–Trinajstić information content (AvgIpc) is 3.52. The van der Waals surface area contributed by atoms with Crippen LogP contribution in [0.4, 0.5) is 0 Å². The summed E-state index contributed by atoms with van der Waals surface area (Å²) in [6.07, 6.45) is 0. The second-order valence-corrected chi connectivity index (χ2v) is 14.8. The molecule has 0 spiro atoms. The second kappa shape index (κ2) is 8.32. The van der Waals surface area contributed by atoms with Gasteiger partial charge in [-0.1, -0.05) is 0 Å². The van der Waals surface area contributed by atoms with Crippen LogP contribution in [0.25, 0.3) is 21.2 Å². The van der Waals surface area contributed by atoms with Crippen LogP contribution in [0.3, 0.4) is 0 Å². The molecule has 0 N–H and O–H groups in total. The number of hydrogen-bond donors (Lipinski definition) is 0. The van der Waals surface area contributed by atoms with E-state index in [-0.39, 0.29) is 15.0 Å². The maximum atomic E-state index is 2.55. The van der Waals surface area contributed by atoms with E-state index in [0.717, 1.165) is 0 Å². The van der Waals surface area contributed by atoms with Gasteiger partial charge in [-0.15, -0.1) is 0 Å². The molecular weight excluding hydrogens is 479 g/mol. The summed E-state index contributed by atoms with van der Waals surface area (Å²) in [7, 11) is -1.99. The Labute approximate surface area is 202 Å². The van der Waals surface area contributed by atoms with Crippen LogP contribution >= 0.6 is 0 Å². The summed E-state index contributed by atoms with van der Waals surface area (Å²) in [6.45, 7) is 2.55. The molecular formula is C31H24SeSi. The fourth-order valence-electron chi connectivity index (χ4n) is 5.14. The Kier molecular flexibility index (Phi) is 5.15. The van der Waals surface area contributed by atoms with E-state index in [4.69, 9.17) is 0 Å². The Balaban J connectivity index is 1.56. The zero-order valence-electron chi connectivity index (χ0n) is 18.5. The molecule has 0 aliphatic carbocycles. The van der Waals surface area contributed by atoms with Gasteiger partial charge in [-0.25, -0.2) is 0 Å². The predicted molar refractivity (Wildman–Crippen MR) is 146 cm³/mol. The molecule has 1 aliphatic heterocycles. The third-order valence-electron chi connectivity index (χ3n) is 6.69. The van der Waals surface area contributed by atoms with Gasteiger partial charge in [0, 0.05) is 0 Å². The summed E-state index contributed by atoms with van der Waals surface area (Å²) in [5.41, 5.74) is 2.77. The summed E-state index contributed by atoms with van der Waals surface area (Å²) in [5, 5.41) is 7.58. The van der Waals surface area contributed by atoms with Gasteiger partial charge in [0.15, 0.2) is 0 Å². The van der Waals surface area contributed by atoms with Crippen molar-refractivity contribution in [3.05, 3.63) is 139 Å². The molecule has 5 aromatic rings. The van der Waals surface area contributed by atoms with Gasteiger partial charge in [0.05, 0.1) is 0 Å². The molecule has 5 aromatic carbocycles. The zero-order valence-corrected chi connectivity index (χ0v) is 21.2. The second-order valence-electron chi connectivity index (χ2n) is 8.68. The molecule has 1 aliphatic rings. The summed E-state index contributed by atoms with van der Waals surface area (Å²) in [5.74, 6) is 0. The van der Waals surface area contributed by atoms with E-state index in [1.165, 1.54) is 30.8 Å². The van der Waals surface area contributed by atoms with E-state index in [9.17, 15) is 0 Å². The fourth-order valence-corrected chi connectivity index (χ4v) is 12.3. The molecule has 0 bridgehead atoms. The number of fused-ring (bicyclic) bond motifs is 1. The Bertz CT molecular complexity index is 1420. The molecule has 158 valence electrons. The Morgan fingerprint density at radius 2 is 1.03 bits per heavy atom. The van der Waals surface area contributed by atoms with Crippen molar-refractivity contribution in [3.8, 4) is 0 Å². The van der Waals surface area contributed by atoms with E-state index >= 15 is 0 Å². The molecule has 0 radical (unpaired) electrons. The summed E-state index contributed by atoms with van der Waals surface area (Å²) < 4.78 is 2.91. The Hall–Kier alpha value is -3.16. The molecule has 0 fully saturated rings. The summed E-state index contributed by atoms with van der Waals surface area (Å²) in [6, 6.07) is 46.8. The maximum absolute atomic E-state index is 2.55. The van der Waals surface area contributed by atoms with Gasteiger partial charge < -0.3 is 0 Å². The van der Waals surface area contributed by atoms with Crippen LogP contribution in [0.15, 0.2) is 127 Å². The van der Waals surface area contributed by atoms with Crippen LogP contribution in [-0.2, 0) is 0 Å². The monoisotopic (exact) mass is 504 g/mol. The van der Waals surface area contributed by atoms with Crippen molar-refractivity contribution in [2.75, 3.05) is 0 Å². The van der Waals surface area contributed by atoms with Crippen molar-refractivity contribution in [2.45, 2.75) is 6.55 Å². The van der Waals surface area contributed by atoms with E-state index in [0.29, 0.717) is 0 Å². The van der Waals surface area contributed by atoms with Crippen molar-refractivity contribution in [2.24, 2.45) is 0 Å². The van der Waals surface area contributed by atoms with E-state index in [1.807, 2.05) is 0 Å². The van der Waals surface area contributed by atoms with Crippen LogP contribution in [0, 0.1) is 0 Å². The fraction of sp³-hybridized carbons (Fsp3) is 0.0323. The van der Waals surface area contributed by atoms with Crippen molar-refractivity contribution in [1.82, 2.24) is 0 Å². The molecule has 0 unspecified atom stereocenters. The molecule has 0 saturated carbocycles. The van der Waals surface area contributed by atoms with Gasteiger partial charge in [-0.05, 0) is 0 Å². The SMILES string of the molecule is C[Si]1(c2cccc3cccc([Se]c4ccccc4)c23)C(c2ccccc2)=C1c1ccccc1. The van der Waals surface area contributed by atoms with Crippen LogP contribution in [0.5, 0.6) is 0 Å². The van der Waals surface area contributed by atoms with E-state index in [1.54, 1.807) is 15.6 Å². The summed E-state index contributed by atoms with van der Waals surface area (Å²) in [4.78, 5) is 0. The van der Waals surface area contributed by atoms with Gasteiger partial charge in [-0.2, -0.15) is 0 Å². The molecule has 0 atom stereocenters. The van der Waals surface area contributed by atoms with Gasteiger partial charge in [0.1, 0.15) is 0 Å². The molecule has 6 rings (SSSR count). The van der Waals surface area contributed by atoms with Crippen molar-refractivity contribution >= 4 is 58.3 Å². The first-order valence-electron chi connectivity index (χ1n) is 11.4. The minimum atomic E-state index is -1.99. The Morgan fingerprint density at radius 3 is 1.61 bits per heavy atom. The summed E-state index contributed by atoms with van der Waals surface area (Å²) >= 11 is 0.274. The normalized spacial score (nSPS) is 14.5. The third-order valence-corrected chi connectivity index (χ3v) is 13.3. The Morgan fingerprint density at radius 1 is 0.515 bits per heavy atom. The van der Waals surface area contributed by atoms with Crippen molar-refractivity contribution < 1.29 is 0 Å². The minimum absolute atomic E-state index is 0.274. The standard InChI is InChI=1S/C31H24SeSi/c1-33(30(24-13-5-2-6-14-24)31(33)25-15-7-3-8-16-25)28-22-12-18-23-17-11-21-27(29(23)28)32-26-19-9-4-10-20-26/h2-22H,1H3. The van der Waals surface area contributed by atoms with Gasteiger partial charge in [0.25, 0.3) is 0 Å². The number of benzene rings is 5. The quantitative estimate of drug-likeness (QED) is 0.279. The molecule has 0 saturated heterocycles. The third kappa shape index (κ3) is 3.52. The molecule has 0 nitrogen and oxygen atoms in total. The van der Waals surface area contributed by atoms with Gasteiger partial charge in [-0.3, -0.25) is 0 Å². The van der Waals surface area contributed by atoms with Crippen LogP contribution in [0.2, 0.25) is 6.55 Å². The molecule has 0 aromatic heterocycles. The van der Waals surface area contributed by atoms with Gasteiger partial charge in [0.2, 0.25) is 0 Å². The molecule has 33 heavy (non-hydrogen) atoms. The molecule has 1 heterocycles. The van der Waals surface area contributed by atoms with Crippen molar-refractivity contribution in [1.29, 1.82) is 0 Å². The first kappa shape index (κ1) is 20.4. The predicted octanol–water partition coefficient (Wildman–Crippen LogP) is 5.48. The van der Waals surface area contributed by atoms with Crippen LogP contribution in [0.1, 0.15) is 11.1 Å². The average molecular weight is 504 g/mol. The first-order valence-corrected chi connectivity index (χ1v) is 15.6. The zero-order chi connectivity index (χ0) is 22.3. The number of hydrogen-bond acceptors (Lipinski definition) is 0. The first-order chi connectivity index (χ1) is 16.3. The van der Waals surface area contributed by atoms with Crippen molar-refractivity contribution in [3.63, 3.8) is 0 Å². The van der Waals surface area contributed by atoms with E-state index < -0.39 is 8.07 Å². The molecule has 2 heteroatoms. The molecule has 0 amide bonds. The van der Waals surface area contributed by atoms with Crippen LogP contribution in [-0.4, -0.2) is 23.0 Å². The van der Waals surface area contributed by atoms with Crippen LogP contribution < -0.4 is 14.1 Å². The van der Waals surface area contributed by atoms with E-state index in [2.05, 4.69) is 134 Å². The topological polar surface area (TPSA) is 0 Å². The van der Waals surface area contributed by atoms with Gasteiger partial charge >= 0.3 is 203 Å².